The molecule has 0 aromatic heterocycles. The number of nitrogens with zero attached hydrogens (tertiary/aromatic N) is 1. The summed E-state index contributed by atoms with van der Waals surface area (Å²) in [7, 11) is 0. The van der Waals surface area contributed by atoms with Gasteiger partial charge in [0.05, 0.1) is 0 Å². The molecular weight excluding hydrogens is 254 g/mol. The van der Waals surface area contributed by atoms with Crippen molar-refractivity contribution < 1.29 is 0 Å². The van der Waals surface area contributed by atoms with Crippen molar-refractivity contribution in [1.82, 2.24) is 4.90 Å². The first-order chi connectivity index (χ1) is 9.33. The maximum absolute atomic E-state index is 6.38. The van der Waals surface area contributed by atoms with Crippen molar-refractivity contribution in [3.63, 3.8) is 0 Å². The predicted molar refractivity (Wildman–Crippen MR) is 80.3 cm³/mol. The lowest BCUT2D eigenvalue weighted by atomic mass is 10.0. The van der Waals surface area contributed by atoms with Crippen molar-refractivity contribution in [2.75, 3.05) is 6.54 Å². The molecule has 19 heavy (non-hydrogen) atoms. The van der Waals surface area contributed by atoms with Gasteiger partial charge in [-0.25, -0.2) is 0 Å². The van der Waals surface area contributed by atoms with Gasteiger partial charge in [0.1, 0.15) is 0 Å². The maximum atomic E-state index is 6.38. The Morgan fingerprint density at radius 2 is 1.58 bits per heavy atom. The van der Waals surface area contributed by atoms with Crippen molar-refractivity contribution in [3.05, 3.63) is 71.8 Å². The highest BCUT2D eigenvalue weighted by Crippen LogP contribution is 2.35. The van der Waals surface area contributed by atoms with Crippen LogP contribution in [0.2, 0.25) is 0 Å². The lowest BCUT2D eigenvalue weighted by molar-refractivity contribution is 0.248. The Morgan fingerprint density at radius 3 is 2.26 bits per heavy atom. The highest BCUT2D eigenvalue weighted by Gasteiger charge is 2.31. The minimum atomic E-state index is 0.258. The molecule has 1 fully saturated rings. The first-order valence-corrected chi connectivity index (χ1v) is 7.23. The van der Waals surface area contributed by atoms with Crippen molar-refractivity contribution in [3.8, 4) is 0 Å². The first kappa shape index (κ1) is 12.7. The number of halogens is 1. The Balaban J connectivity index is 1.79. The third-order valence-electron chi connectivity index (χ3n) is 3.77. The standard InChI is InChI=1S/C17H18ClN/c18-16-11-17(15-9-5-2-6-10-15)19(13-16)12-14-7-3-1-4-8-14/h1-10,16-17H,11-13H2/t16-,17+/m1/s1. The fourth-order valence-corrected chi connectivity index (χ4v) is 3.21. The maximum Gasteiger partial charge on any atom is 0.0481 e. The summed E-state index contributed by atoms with van der Waals surface area (Å²) in [6.45, 7) is 1.94. The van der Waals surface area contributed by atoms with E-state index < -0.39 is 0 Å². The second kappa shape index (κ2) is 5.77. The van der Waals surface area contributed by atoms with Crippen LogP contribution in [0.15, 0.2) is 60.7 Å². The molecule has 1 nitrogen and oxygen atoms in total. The molecule has 0 unspecified atom stereocenters. The zero-order chi connectivity index (χ0) is 13.1. The molecule has 1 aliphatic heterocycles. The van der Waals surface area contributed by atoms with Crippen LogP contribution in [-0.2, 0) is 6.54 Å². The second-order valence-electron chi connectivity index (χ2n) is 5.17. The molecular formula is C17H18ClN. The van der Waals surface area contributed by atoms with E-state index in [4.69, 9.17) is 11.6 Å². The monoisotopic (exact) mass is 271 g/mol. The second-order valence-corrected chi connectivity index (χ2v) is 5.79. The van der Waals surface area contributed by atoms with Gasteiger partial charge >= 0.3 is 0 Å². The van der Waals surface area contributed by atoms with E-state index in [1.807, 2.05) is 0 Å². The van der Waals surface area contributed by atoms with E-state index in [1.165, 1.54) is 11.1 Å². The molecule has 1 heterocycles. The molecule has 98 valence electrons. The van der Waals surface area contributed by atoms with E-state index in [-0.39, 0.29) is 5.38 Å². The molecule has 1 aliphatic rings. The average molecular weight is 272 g/mol. The van der Waals surface area contributed by atoms with Crippen LogP contribution in [0, 0.1) is 0 Å². The van der Waals surface area contributed by atoms with Gasteiger partial charge in [-0.15, -0.1) is 11.6 Å². The quantitative estimate of drug-likeness (QED) is 0.755. The van der Waals surface area contributed by atoms with Crippen LogP contribution < -0.4 is 0 Å². The molecule has 0 saturated carbocycles. The van der Waals surface area contributed by atoms with Gasteiger partial charge in [0.25, 0.3) is 0 Å². The Bertz CT molecular complexity index is 511. The smallest absolute Gasteiger partial charge is 0.0481 e. The van der Waals surface area contributed by atoms with Gasteiger partial charge in [0.15, 0.2) is 0 Å². The van der Waals surface area contributed by atoms with Crippen molar-refractivity contribution >= 4 is 11.6 Å². The van der Waals surface area contributed by atoms with Gasteiger partial charge in [-0.1, -0.05) is 60.7 Å². The molecule has 0 N–H and O–H groups in total. The number of benzene rings is 2. The van der Waals surface area contributed by atoms with E-state index in [0.717, 1.165) is 19.5 Å². The lowest BCUT2D eigenvalue weighted by Crippen LogP contribution is -2.23. The topological polar surface area (TPSA) is 3.24 Å². The van der Waals surface area contributed by atoms with Crippen LogP contribution in [0.25, 0.3) is 0 Å². The van der Waals surface area contributed by atoms with Crippen LogP contribution >= 0.6 is 11.6 Å². The summed E-state index contributed by atoms with van der Waals surface area (Å²) in [5.74, 6) is 0. The number of hydrogen-bond donors (Lipinski definition) is 0. The minimum absolute atomic E-state index is 0.258. The van der Waals surface area contributed by atoms with Crippen LogP contribution in [0.1, 0.15) is 23.6 Å². The molecule has 2 atom stereocenters. The summed E-state index contributed by atoms with van der Waals surface area (Å²) in [5, 5.41) is 0.258. The van der Waals surface area contributed by atoms with Crippen LogP contribution in [-0.4, -0.2) is 16.8 Å². The Labute approximate surface area is 119 Å². The molecule has 1 saturated heterocycles. The first-order valence-electron chi connectivity index (χ1n) is 6.80. The predicted octanol–water partition coefficient (Wildman–Crippen LogP) is 4.24. The Kier molecular flexibility index (Phi) is 3.86. The molecule has 0 bridgehead atoms. The van der Waals surface area contributed by atoms with Gasteiger partial charge < -0.3 is 0 Å². The summed E-state index contributed by atoms with van der Waals surface area (Å²) >= 11 is 6.38. The molecule has 2 aromatic rings. The molecule has 0 spiro atoms. The van der Waals surface area contributed by atoms with Crippen LogP contribution in [0.4, 0.5) is 0 Å². The Hall–Kier alpha value is -1.31. The minimum Gasteiger partial charge on any atom is -0.291 e. The molecule has 2 heteroatoms. The summed E-state index contributed by atoms with van der Waals surface area (Å²) < 4.78 is 0. The van der Waals surface area contributed by atoms with E-state index in [9.17, 15) is 0 Å². The third-order valence-corrected chi connectivity index (χ3v) is 4.08. The van der Waals surface area contributed by atoms with E-state index in [2.05, 4.69) is 65.6 Å². The van der Waals surface area contributed by atoms with Crippen molar-refractivity contribution in [2.24, 2.45) is 0 Å². The summed E-state index contributed by atoms with van der Waals surface area (Å²) in [5.41, 5.74) is 2.73. The third kappa shape index (κ3) is 2.99. The van der Waals surface area contributed by atoms with Gasteiger partial charge in [-0.3, -0.25) is 4.90 Å². The van der Waals surface area contributed by atoms with E-state index in [0.29, 0.717) is 6.04 Å². The summed E-state index contributed by atoms with van der Waals surface area (Å²) in [6, 6.07) is 21.8. The van der Waals surface area contributed by atoms with Gasteiger partial charge in [-0.2, -0.15) is 0 Å². The fraction of sp³-hybridized carbons (Fsp3) is 0.294. The molecule has 2 aromatic carbocycles. The van der Waals surface area contributed by atoms with Crippen LogP contribution in [0.3, 0.4) is 0 Å². The normalized spacial score (nSPS) is 23.6. The molecule has 3 rings (SSSR count). The van der Waals surface area contributed by atoms with Gasteiger partial charge in [-0.05, 0) is 17.5 Å². The highest BCUT2D eigenvalue weighted by atomic mass is 35.5. The number of hydrogen-bond acceptors (Lipinski definition) is 1. The highest BCUT2D eigenvalue weighted by molar-refractivity contribution is 6.21. The number of rotatable bonds is 3. The zero-order valence-corrected chi connectivity index (χ0v) is 11.6. The SMILES string of the molecule is Cl[C@@H]1C[C@@H](c2ccccc2)N(Cc2ccccc2)C1. The average Bonchev–Trinajstić information content (AvgIpc) is 2.82. The van der Waals surface area contributed by atoms with E-state index in [1.54, 1.807) is 0 Å². The van der Waals surface area contributed by atoms with Gasteiger partial charge in [0.2, 0.25) is 0 Å². The largest absolute Gasteiger partial charge is 0.291 e. The van der Waals surface area contributed by atoms with Crippen molar-refractivity contribution in [2.45, 2.75) is 24.4 Å². The zero-order valence-electron chi connectivity index (χ0n) is 10.9. The Morgan fingerprint density at radius 1 is 0.947 bits per heavy atom. The number of alkyl halides is 1. The van der Waals surface area contributed by atoms with Crippen molar-refractivity contribution in [1.29, 1.82) is 0 Å². The van der Waals surface area contributed by atoms with Gasteiger partial charge in [0, 0.05) is 24.5 Å². The summed E-state index contributed by atoms with van der Waals surface area (Å²) in [4.78, 5) is 2.49. The summed E-state index contributed by atoms with van der Waals surface area (Å²) in [6.07, 6.45) is 1.04. The number of likely N-dealkylation sites (tertiary alicyclic amines) is 1. The van der Waals surface area contributed by atoms with Crippen LogP contribution in [0.5, 0.6) is 0 Å². The fourth-order valence-electron chi connectivity index (χ4n) is 2.86. The molecule has 0 aliphatic carbocycles. The lowest BCUT2D eigenvalue weighted by Gasteiger charge is -2.24. The van der Waals surface area contributed by atoms with E-state index >= 15 is 0 Å². The molecule has 0 amide bonds. The molecule has 0 radical (unpaired) electrons.